The van der Waals surface area contributed by atoms with E-state index in [0.717, 1.165) is 76.5 Å². The summed E-state index contributed by atoms with van der Waals surface area (Å²) in [6.07, 6.45) is 9.40. The zero-order valence-electron chi connectivity index (χ0n) is 32.8. The van der Waals surface area contributed by atoms with Crippen molar-refractivity contribution in [2.45, 2.75) is 70.9 Å². The Labute approximate surface area is 334 Å². The van der Waals surface area contributed by atoms with Crippen molar-refractivity contribution in [3.8, 4) is 22.4 Å². The highest BCUT2D eigenvalue weighted by Gasteiger charge is 2.38. The number of nitrogens with two attached hydrogens (primary N) is 1. The lowest BCUT2D eigenvalue weighted by Gasteiger charge is -2.30. The molecule has 5 aromatic rings. The van der Waals surface area contributed by atoms with E-state index in [2.05, 4.69) is 52.9 Å². The second-order valence-corrected chi connectivity index (χ2v) is 15.3. The molecule has 1 aliphatic heterocycles. The standard InChI is InChI=1S/C47H52N6O4/c1-3-25-52(42(55)28-32-13-6-4-7-14-32)30-41(54)49-36-21-19-34(20-22-36)45-43(35-17-10-12-31(2)27-35)38-29-37(23-24-39(38)51-45)50-46(56)40-18-11-26-53(40)47(57)44(48)33-15-8-5-9-16-33/h4,6-8,10,12-15,17,19-24,27,29,33,40,44,51H,3,5,9,11,16,18,25-26,28,30,48H2,1-2H3,(H,49,54)(H,50,56)/t33?,40-,44?/m0/s1. The van der Waals surface area contributed by atoms with Crippen LogP contribution >= 0.6 is 0 Å². The van der Waals surface area contributed by atoms with E-state index in [4.69, 9.17) is 5.73 Å². The number of carbonyl (C=O) groups is 4. The van der Waals surface area contributed by atoms with Crippen LogP contribution in [0.5, 0.6) is 0 Å². The third kappa shape index (κ3) is 9.18. The third-order valence-corrected chi connectivity index (χ3v) is 11.1. The van der Waals surface area contributed by atoms with Crippen LogP contribution in [-0.2, 0) is 25.6 Å². The summed E-state index contributed by atoms with van der Waals surface area (Å²) in [6, 6.07) is 30.1. The fourth-order valence-corrected chi connectivity index (χ4v) is 8.17. The van der Waals surface area contributed by atoms with Gasteiger partial charge in [-0.2, -0.15) is 0 Å². The first-order valence-electron chi connectivity index (χ1n) is 20.2. The van der Waals surface area contributed by atoms with Gasteiger partial charge in [0.2, 0.25) is 23.6 Å². The number of likely N-dealkylation sites (tertiary alicyclic amines) is 1. The Morgan fingerprint density at radius 3 is 2.40 bits per heavy atom. The van der Waals surface area contributed by atoms with Gasteiger partial charge in [0.1, 0.15) is 6.04 Å². The van der Waals surface area contributed by atoms with Crippen LogP contribution in [0.3, 0.4) is 0 Å². The fraction of sp³-hybridized carbons (Fsp3) is 0.319. The largest absolute Gasteiger partial charge is 0.354 e. The first-order chi connectivity index (χ1) is 27.7. The first-order valence-corrected chi connectivity index (χ1v) is 20.2. The van der Waals surface area contributed by atoms with Crippen molar-refractivity contribution >= 4 is 45.9 Å². The first kappa shape index (κ1) is 39.2. The number of carbonyl (C=O) groups excluding carboxylic acids is 4. The Kier molecular flexibility index (Phi) is 12.3. The summed E-state index contributed by atoms with van der Waals surface area (Å²) >= 11 is 0. The topological polar surface area (TPSA) is 141 Å². The third-order valence-electron chi connectivity index (χ3n) is 11.1. The second kappa shape index (κ2) is 17.9. The average molecular weight is 765 g/mol. The maximum absolute atomic E-state index is 13.8. The van der Waals surface area contributed by atoms with Gasteiger partial charge in [-0.25, -0.2) is 0 Å². The van der Waals surface area contributed by atoms with E-state index >= 15 is 0 Å². The summed E-state index contributed by atoms with van der Waals surface area (Å²) in [6.45, 7) is 5.04. The van der Waals surface area contributed by atoms with Gasteiger partial charge in [0.05, 0.1) is 24.7 Å². The number of anilines is 2. The maximum atomic E-state index is 13.8. The van der Waals surface area contributed by atoms with Gasteiger partial charge < -0.3 is 31.2 Å². The Morgan fingerprint density at radius 1 is 0.877 bits per heavy atom. The molecule has 1 fully saturated rings. The minimum Gasteiger partial charge on any atom is -0.354 e. The van der Waals surface area contributed by atoms with E-state index in [1.165, 1.54) is 0 Å². The molecule has 2 unspecified atom stereocenters. The Morgan fingerprint density at radius 2 is 1.67 bits per heavy atom. The van der Waals surface area contributed by atoms with Gasteiger partial charge in [0, 0.05) is 46.8 Å². The number of nitrogens with zero attached hydrogens (tertiary/aromatic N) is 2. The van der Waals surface area contributed by atoms with E-state index in [-0.39, 0.29) is 42.5 Å². The molecule has 1 saturated heterocycles. The van der Waals surface area contributed by atoms with Gasteiger partial charge >= 0.3 is 0 Å². The molecule has 7 rings (SSSR count). The second-order valence-electron chi connectivity index (χ2n) is 15.3. The van der Waals surface area contributed by atoms with Crippen LogP contribution in [0.15, 0.2) is 109 Å². The summed E-state index contributed by atoms with van der Waals surface area (Å²) < 4.78 is 0. The molecule has 0 radical (unpaired) electrons. The molecular formula is C47H52N6O4. The normalized spacial score (nSPS) is 17.0. The van der Waals surface area contributed by atoms with E-state index in [1.54, 1.807) is 9.80 Å². The van der Waals surface area contributed by atoms with Crippen LogP contribution in [-0.4, -0.2) is 70.1 Å². The van der Waals surface area contributed by atoms with Crippen LogP contribution in [0, 0.1) is 12.8 Å². The van der Waals surface area contributed by atoms with Crippen LogP contribution in [0.1, 0.15) is 56.6 Å². The van der Waals surface area contributed by atoms with Gasteiger partial charge in [-0.1, -0.05) is 91.4 Å². The summed E-state index contributed by atoms with van der Waals surface area (Å²) in [5.41, 5.74) is 14.5. The smallest absolute Gasteiger partial charge is 0.247 e. The number of hydrogen-bond donors (Lipinski definition) is 4. The number of allylic oxidation sites excluding steroid dienone is 1. The molecule has 10 heteroatoms. The van der Waals surface area contributed by atoms with Gasteiger partial charge in [-0.05, 0) is 92.5 Å². The molecule has 1 aliphatic carbocycles. The number of aryl methyl sites for hydroxylation is 1. The van der Waals surface area contributed by atoms with Crippen molar-refractivity contribution in [1.29, 1.82) is 0 Å². The van der Waals surface area contributed by atoms with E-state index in [0.29, 0.717) is 30.9 Å². The molecule has 3 atom stereocenters. The molecule has 294 valence electrons. The lowest BCUT2D eigenvalue weighted by molar-refractivity contribution is -0.138. The molecule has 1 aromatic heterocycles. The summed E-state index contributed by atoms with van der Waals surface area (Å²) in [5, 5.41) is 7.03. The number of hydrogen-bond acceptors (Lipinski definition) is 5. The monoisotopic (exact) mass is 764 g/mol. The number of fused-ring (bicyclic) bond motifs is 1. The number of aromatic nitrogens is 1. The number of H-pyrrole nitrogens is 1. The molecule has 10 nitrogen and oxygen atoms in total. The number of benzene rings is 4. The zero-order chi connectivity index (χ0) is 39.9. The van der Waals surface area contributed by atoms with E-state index < -0.39 is 12.1 Å². The van der Waals surface area contributed by atoms with Gasteiger partial charge in [-0.3, -0.25) is 19.2 Å². The van der Waals surface area contributed by atoms with E-state index in [1.807, 2.05) is 85.8 Å². The lowest BCUT2D eigenvalue weighted by atomic mass is 9.89. The number of aromatic amines is 1. The minimum absolute atomic E-state index is 0.000394. The highest BCUT2D eigenvalue weighted by Crippen LogP contribution is 2.40. The molecule has 0 spiro atoms. The fourth-order valence-electron chi connectivity index (χ4n) is 8.17. The molecule has 2 aliphatic rings. The summed E-state index contributed by atoms with van der Waals surface area (Å²) in [7, 11) is 0. The molecule has 0 saturated carbocycles. The Hall–Kier alpha value is -6.00. The van der Waals surface area contributed by atoms with Crippen molar-refractivity contribution < 1.29 is 19.2 Å². The highest BCUT2D eigenvalue weighted by molar-refractivity contribution is 6.07. The predicted octanol–water partition coefficient (Wildman–Crippen LogP) is 7.84. The van der Waals surface area contributed by atoms with Crippen LogP contribution in [0.2, 0.25) is 0 Å². The van der Waals surface area contributed by atoms with Gasteiger partial charge in [-0.15, -0.1) is 0 Å². The molecule has 2 heterocycles. The Bertz CT molecular complexity index is 2260. The molecule has 4 aromatic carbocycles. The van der Waals surface area contributed by atoms with Crippen molar-refractivity contribution in [1.82, 2.24) is 14.8 Å². The quantitative estimate of drug-likeness (QED) is 0.0905. The summed E-state index contributed by atoms with van der Waals surface area (Å²) in [4.78, 5) is 60.5. The molecule has 57 heavy (non-hydrogen) atoms. The average Bonchev–Trinajstić information content (AvgIpc) is 3.87. The molecule has 4 amide bonds. The van der Waals surface area contributed by atoms with Crippen molar-refractivity contribution in [2.75, 3.05) is 30.3 Å². The van der Waals surface area contributed by atoms with Gasteiger partial charge in [0.15, 0.2) is 0 Å². The number of nitrogens with one attached hydrogen (secondary N) is 3. The predicted molar refractivity (Wildman–Crippen MR) is 227 cm³/mol. The van der Waals surface area contributed by atoms with Crippen molar-refractivity contribution in [3.05, 3.63) is 120 Å². The minimum atomic E-state index is -0.649. The lowest BCUT2D eigenvalue weighted by Crippen LogP contribution is -2.52. The highest BCUT2D eigenvalue weighted by atomic mass is 16.2. The maximum Gasteiger partial charge on any atom is 0.247 e. The van der Waals surface area contributed by atoms with Gasteiger partial charge in [0.25, 0.3) is 0 Å². The van der Waals surface area contributed by atoms with Crippen LogP contribution < -0.4 is 16.4 Å². The van der Waals surface area contributed by atoms with Crippen molar-refractivity contribution in [2.24, 2.45) is 11.7 Å². The molecular weight excluding hydrogens is 713 g/mol. The van der Waals surface area contributed by atoms with Crippen molar-refractivity contribution in [3.63, 3.8) is 0 Å². The van der Waals surface area contributed by atoms with Crippen LogP contribution in [0.4, 0.5) is 11.4 Å². The molecule has 0 bridgehead atoms. The zero-order valence-corrected chi connectivity index (χ0v) is 32.8. The number of amides is 4. The van der Waals surface area contributed by atoms with Crippen LogP contribution in [0.25, 0.3) is 33.3 Å². The SMILES string of the molecule is CCCN(CC(=O)Nc1ccc(-c2[nH]c3ccc(NC(=O)[C@@H]4CCCN4C(=O)C(N)C4C=CCCC4)cc3c2-c2cccc(C)c2)cc1)C(=O)Cc1ccccc1. The van der Waals surface area contributed by atoms with E-state index in [9.17, 15) is 19.2 Å². The summed E-state index contributed by atoms with van der Waals surface area (Å²) in [5.74, 6) is -0.709. The molecule has 5 N–H and O–H groups in total. The Balaban J connectivity index is 1.09. The number of rotatable bonds is 13.